The minimum Gasteiger partial charge on any atom is -0.349 e. The van der Waals surface area contributed by atoms with Crippen LogP contribution in [0.4, 0.5) is 4.39 Å². The Morgan fingerprint density at radius 3 is 3.16 bits per heavy atom. The third-order valence-corrected chi connectivity index (χ3v) is 4.30. The van der Waals surface area contributed by atoms with Gasteiger partial charge in [-0.25, -0.2) is 4.39 Å². The highest BCUT2D eigenvalue weighted by atomic mass is 32.2. The van der Waals surface area contributed by atoms with E-state index in [4.69, 9.17) is 0 Å². The van der Waals surface area contributed by atoms with E-state index < -0.39 is 0 Å². The zero-order chi connectivity index (χ0) is 13.7. The first-order chi connectivity index (χ1) is 9.20. The Hall–Kier alpha value is -1.07. The SMILES string of the molecule is CNCCCC(=O)NC1CCSc2ccc(F)cc21. The van der Waals surface area contributed by atoms with Crippen LogP contribution in [0.15, 0.2) is 23.1 Å². The van der Waals surface area contributed by atoms with Crippen LogP contribution < -0.4 is 10.6 Å². The Balaban J connectivity index is 1.99. The number of carbonyl (C=O) groups excluding carboxylic acids is 1. The third-order valence-electron chi connectivity index (χ3n) is 3.18. The lowest BCUT2D eigenvalue weighted by atomic mass is 10.0. The fourth-order valence-corrected chi connectivity index (χ4v) is 3.31. The molecule has 1 unspecified atom stereocenters. The molecule has 3 nitrogen and oxygen atoms in total. The summed E-state index contributed by atoms with van der Waals surface area (Å²) in [6.45, 7) is 0.832. The van der Waals surface area contributed by atoms with Gasteiger partial charge in [-0.3, -0.25) is 4.79 Å². The lowest BCUT2D eigenvalue weighted by Gasteiger charge is -2.26. The largest absolute Gasteiger partial charge is 0.349 e. The first-order valence-electron chi connectivity index (χ1n) is 6.57. The van der Waals surface area contributed by atoms with Gasteiger partial charge in [0.2, 0.25) is 5.91 Å². The molecule has 1 aliphatic heterocycles. The Morgan fingerprint density at radius 2 is 2.37 bits per heavy atom. The fourth-order valence-electron chi connectivity index (χ4n) is 2.21. The van der Waals surface area contributed by atoms with E-state index in [1.807, 2.05) is 7.05 Å². The molecule has 2 N–H and O–H groups in total. The van der Waals surface area contributed by atoms with Crippen LogP contribution in [-0.2, 0) is 4.79 Å². The molecule has 1 aromatic carbocycles. The Morgan fingerprint density at radius 1 is 1.53 bits per heavy atom. The Kier molecular flexibility index (Phi) is 5.22. The molecule has 2 rings (SSSR count). The average molecular weight is 282 g/mol. The van der Waals surface area contributed by atoms with Crippen molar-refractivity contribution in [1.82, 2.24) is 10.6 Å². The van der Waals surface area contributed by atoms with Gasteiger partial charge in [0.1, 0.15) is 5.82 Å². The van der Waals surface area contributed by atoms with Gasteiger partial charge < -0.3 is 10.6 Å². The van der Waals surface area contributed by atoms with E-state index in [1.54, 1.807) is 23.9 Å². The number of benzene rings is 1. The number of hydrogen-bond acceptors (Lipinski definition) is 3. The van der Waals surface area contributed by atoms with Crippen LogP contribution in [0.3, 0.4) is 0 Å². The summed E-state index contributed by atoms with van der Waals surface area (Å²) in [5.41, 5.74) is 0.915. The zero-order valence-electron chi connectivity index (χ0n) is 11.0. The van der Waals surface area contributed by atoms with Crippen LogP contribution >= 0.6 is 11.8 Å². The van der Waals surface area contributed by atoms with Gasteiger partial charge in [-0.2, -0.15) is 0 Å². The van der Waals surface area contributed by atoms with E-state index in [0.717, 1.165) is 35.6 Å². The highest BCUT2D eigenvalue weighted by molar-refractivity contribution is 7.99. The second kappa shape index (κ2) is 6.91. The summed E-state index contributed by atoms with van der Waals surface area (Å²) in [6.07, 6.45) is 2.19. The highest BCUT2D eigenvalue weighted by Crippen LogP contribution is 2.36. The van der Waals surface area contributed by atoms with Gasteiger partial charge in [0.15, 0.2) is 0 Å². The molecule has 0 aliphatic carbocycles. The molecule has 0 spiro atoms. The van der Waals surface area contributed by atoms with Crippen molar-refractivity contribution >= 4 is 17.7 Å². The van der Waals surface area contributed by atoms with E-state index in [9.17, 15) is 9.18 Å². The number of thioether (sulfide) groups is 1. The number of nitrogens with one attached hydrogen (secondary N) is 2. The van der Waals surface area contributed by atoms with Crippen LogP contribution in [0.5, 0.6) is 0 Å². The molecule has 0 aromatic heterocycles. The molecule has 0 fully saturated rings. The summed E-state index contributed by atoms with van der Waals surface area (Å²) < 4.78 is 13.3. The lowest BCUT2D eigenvalue weighted by molar-refractivity contribution is -0.122. The van der Waals surface area contributed by atoms with Crippen molar-refractivity contribution in [2.45, 2.75) is 30.2 Å². The van der Waals surface area contributed by atoms with Gasteiger partial charge in [-0.1, -0.05) is 0 Å². The molecule has 1 amide bonds. The van der Waals surface area contributed by atoms with E-state index in [1.165, 1.54) is 6.07 Å². The van der Waals surface area contributed by atoms with Crippen molar-refractivity contribution in [1.29, 1.82) is 0 Å². The quantitative estimate of drug-likeness (QED) is 0.815. The number of carbonyl (C=O) groups is 1. The maximum atomic E-state index is 13.3. The van der Waals surface area contributed by atoms with E-state index in [0.29, 0.717) is 6.42 Å². The van der Waals surface area contributed by atoms with Crippen LogP contribution in [-0.4, -0.2) is 25.3 Å². The molecule has 19 heavy (non-hydrogen) atoms. The second-order valence-corrected chi connectivity index (χ2v) is 5.78. The van der Waals surface area contributed by atoms with Gasteiger partial charge in [0.25, 0.3) is 0 Å². The molecular formula is C14H19FN2OS. The van der Waals surface area contributed by atoms with Crippen LogP contribution in [0.25, 0.3) is 0 Å². The van der Waals surface area contributed by atoms with Gasteiger partial charge in [-0.15, -0.1) is 11.8 Å². The minimum absolute atomic E-state index is 0.0439. The van der Waals surface area contributed by atoms with Crippen molar-refractivity contribution in [3.05, 3.63) is 29.6 Å². The number of amides is 1. The molecule has 1 heterocycles. The monoisotopic (exact) mass is 282 g/mol. The predicted octanol–water partition coefficient (Wildman–Crippen LogP) is 2.48. The molecule has 1 atom stereocenters. The molecule has 0 saturated carbocycles. The van der Waals surface area contributed by atoms with Crippen molar-refractivity contribution in [3.8, 4) is 0 Å². The molecule has 0 bridgehead atoms. The number of hydrogen-bond donors (Lipinski definition) is 2. The maximum absolute atomic E-state index is 13.3. The first kappa shape index (κ1) is 14.3. The smallest absolute Gasteiger partial charge is 0.220 e. The molecular weight excluding hydrogens is 263 g/mol. The molecule has 0 radical (unpaired) electrons. The molecule has 5 heteroatoms. The highest BCUT2D eigenvalue weighted by Gasteiger charge is 2.22. The van der Waals surface area contributed by atoms with E-state index in [-0.39, 0.29) is 17.8 Å². The fraction of sp³-hybridized carbons (Fsp3) is 0.500. The van der Waals surface area contributed by atoms with E-state index in [2.05, 4.69) is 10.6 Å². The second-order valence-electron chi connectivity index (χ2n) is 4.65. The summed E-state index contributed by atoms with van der Waals surface area (Å²) in [6, 6.07) is 4.77. The summed E-state index contributed by atoms with van der Waals surface area (Å²) >= 11 is 1.72. The standard InChI is InChI=1S/C14H19FN2OS/c1-16-7-2-3-14(18)17-12-6-8-19-13-5-4-10(15)9-11(12)13/h4-5,9,12,16H,2-3,6-8H2,1H3,(H,17,18). The van der Waals surface area contributed by atoms with Crippen molar-refractivity contribution in [3.63, 3.8) is 0 Å². The number of halogens is 1. The summed E-state index contributed by atoms with van der Waals surface area (Å²) in [5, 5.41) is 6.03. The lowest BCUT2D eigenvalue weighted by Crippen LogP contribution is -2.31. The van der Waals surface area contributed by atoms with Gasteiger partial charge in [0.05, 0.1) is 6.04 Å². The van der Waals surface area contributed by atoms with Gasteiger partial charge in [-0.05, 0) is 50.2 Å². The molecule has 0 saturated heterocycles. The Labute approximate surface area is 117 Å². The van der Waals surface area contributed by atoms with Crippen LogP contribution in [0, 0.1) is 5.82 Å². The van der Waals surface area contributed by atoms with Crippen LogP contribution in [0.2, 0.25) is 0 Å². The van der Waals surface area contributed by atoms with Crippen molar-refractivity contribution < 1.29 is 9.18 Å². The van der Waals surface area contributed by atoms with Gasteiger partial charge in [0, 0.05) is 17.1 Å². The van der Waals surface area contributed by atoms with Crippen LogP contribution in [0.1, 0.15) is 30.9 Å². The average Bonchev–Trinajstić information content (AvgIpc) is 2.40. The topological polar surface area (TPSA) is 41.1 Å². The van der Waals surface area contributed by atoms with Crippen molar-refractivity contribution in [2.75, 3.05) is 19.3 Å². The van der Waals surface area contributed by atoms with Crippen molar-refractivity contribution in [2.24, 2.45) is 0 Å². The Bertz CT molecular complexity index is 453. The number of fused-ring (bicyclic) bond motifs is 1. The predicted molar refractivity (Wildman–Crippen MR) is 75.8 cm³/mol. The molecule has 1 aliphatic rings. The van der Waals surface area contributed by atoms with E-state index >= 15 is 0 Å². The minimum atomic E-state index is -0.240. The van der Waals surface area contributed by atoms with Gasteiger partial charge >= 0.3 is 0 Å². The third kappa shape index (κ3) is 3.94. The summed E-state index contributed by atoms with van der Waals surface area (Å²) in [4.78, 5) is 12.9. The maximum Gasteiger partial charge on any atom is 0.220 e. The normalized spacial score (nSPS) is 17.9. The number of rotatable bonds is 5. The summed E-state index contributed by atoms with van der Waals surface area (Å²) in [5.74, 6) is 0.762. The zero-order valence-corrected chi connectivity index (χ0v) is 11.9. The summed E-state index contributed by atoms with van der Waals surface area (Å²) in [7, 11) is 1.87. The molecule has 104 valence electrons. The molecule has 1 aromatic rings. The first-order valence-corrected chi connectivity index (χ1v) is 7.55.